The molecule has 1 N–H and O–H groups in total. The number of unbranched alkanes of at least 4 members (excludes halogenated alkanes) is 1. The minimum Gasteiger partial charge on any atom is -0.322 e. The van der Waals surface area contributed by atoms with Crippen molar-refractivity contribution in [2.45, 2.75) is 33.2 Å². The average molecular weight is 368 g/mol. The van der Waals surface area contributed by atoms with E-state index in [-0.39, 0.29) is 5.91 Å². The van der Waals surface area contributed by atoms with Gasteiger partial charge in [0.15, 0.2) is 0 Å². The van der Waals surface area contributed by atoms with Gasteiger partial charge in [0, 0.05) is 12.2 Å². The van der Waals surface area contributed by atoms with Crippen LogP contribution in [0.3, 0.4) is 0 Å². The number of carbonyl (C=O) groups excluding carboxylic acids is 1. The highest BCUT2D eigenvalue weighted by molar-refractivity contribution is 6.33. The molecule has 0 aliphatic rings. The second kappa shape index (κ2) is 8.19. The molecule has 0 saturated carbocycles. The number of aryl methyl sites for hydroxylation is 2. The maximum Gasteiger partial charge on any atom is 0.260 e. The Bertz CT molecular complexity index is 886. The number of nitrogens with zero attached hydrogens (tertiary/aromatic N) is 2. The summed E-state index contributed by atoms with van der Waals surface area (Å²) in [5.74, 6) is -0.234. The Morgan fingerprint density at radius 3 is 2.38 bits per heavy atom. The summed E-state index contributed by atoms with van der Waals surface area (Å²) < 4.78 is 1.70. The van der Waals surface area contributed by atoms with Gasteiger partial charge in [-0.1, -0.05) is 67.4 Å². The van der Waals surface area contributed by atoms with Gasteiger partial charge in [0.25, 0.3) is 5.91 Å². The van der Waals surface area contributed by atoms with Gasteiger partial charge in [0.05, 0.1) is 11.3 Å². The maximum absolute atomic E-state index is 12.6. The van der Waals surface area contributed by atoms with E-state index in [2.05, 4.69) is 29.5 Å². The monoisotopic (exact) mass is 367 g/mol. The molecule has 0 atom stereocenters. The third-order valence-corrected chi connectivity index (χ3v) is 4.65. The molecule has 1 aromatic heterocycles. The largest absolute Gasteiger partial charge is 0.322 e. The lowest BCUT2D eigenvalue weighted by molar-refractivity contribution is 0.102. The highest BCUT2D eigenvalue weighted by Gasteiger charge is 2.20. The molecule has 2 aromatic carbocycles. The Kier molecular flexibility index (Phi) is 5.74. The van der Waals surface area contributed by atoms with Crippen molar-refractivity contribution in [1.29, 1.82) is 0 Å². The van der Waals surface area contributed by atoms with Gasteiger partial charge >= 0.3 is 0 Å². The van der Waals surface area contributed by atoms with Crippen LogP contribution in [0.5, 0.6) is 0 Å². The molecule has 1 heterocycles. The van der Waals surface area contributed by atoms with Crippen LogP contribution in [0, 0.1) is 6.92 Å². The summed E-state index contributed by atoms with van der Waals surface area (Å²) in [7, 11) is 0. The number of benzene rings is 2. The van der Waals surface area contributed by atoms with E-state index < -0.39 is 0 Å². The van der Waals surface area contributed by atoms with Gasteiger partial charge in [-0.15, -0.1) is 0 Å². The van der Waals surface area contributed by atoms with Gasteiger partial charge in [-0.3, -0.25) is 9.48 Å². The highest BCUT2D eigenvalue weighted by Crippen LogP contribution is 2.24. The van der Waals surface area contributed by atoms with Gasteiger partial charge in [0.1, 0.15) is 5.15 Å². The van der Waals surface area contributed by atoms with E-state index in [1.54, 1.807) is 4.68 Å². The van der Waals surface area contributed by atoms with E-state index in [9.17, 15) is 4.79 Å². The minimum absolute atomic E-state index is 0.234. The number of halogens is 1. The van der Waals surface area contributed by atoms with Crippen molar-refractivity contribution in [3.05, 3.63) is 71.0 Å². The number of hydrogen-bond acceptors (Lipinski definition) is 2. The third-order valence-electron chi connectivity index (χ3n) is 4.27. The molecule has 3 rings (SSSR count). The quantitative estimate of drug-likeness (QED) is 0.619. The molecule has 5 heteroatoms. The van der Waals surface area contributed by atoms with Crippen molar-refractivity contribution in [1.82, 2.24) is 9.78 Å². The Labute approximate surface area is 158 Å². The van der Waals surface area contributed by atoms with Crippen molar-refractivity contribution < 1.29 is 4.79 Å². The smallest absolute Gasteiger partial charge is 0.260 e. The zero-order valence-electron chi connectivity index (χ0n) is 15.0. The van der Waals surface area contributed by atoms with E-state index in [4.69, 9.17) is 11.6 Å². The molecule has 0 spiro atoms. The van der Waals surface area contributed by atoms with Crippen LogP contribution in [-0.2, 0) is 6.54 Å². The summed E-state index contributed by atoms with van der Waals surface area (Å²) >= 11 is 6.37. The van der Waals surface area contributed by atoms with Crippen molar-refractivity contribution >= 4 is 23.2 Å². The number of carbonyl (C=O) groups is 1. The lowest BCUT2D eigenvalue weighted by Gasteiger charge is -2.07. The van der Waals surface area contributed by atoms with Crippen LogP contribution in [-0.4, -0.2) is 15.7 Å². The molecule has 1 amide bonds. The normalized spacial score (nSPS) is 10.7. The predicted octanol–water partition coefficient (Wildman–Crippen LogP) is 5.56. The molecule has 0 fully saturated rings. The van der Waals surface area contributed by atoms with Gasteiger partial charge < -0.3 is 5.32 Å². The van der Waals surface area contributed by atoms with Crippen molar-refractivity contribution in [3.8, 4) is 11.1 Å². The molecule has 0 radical (unpaired) electrons. The Morgan fingerprint density at radius 1 is 1.08 bits per heavy atom. The fourth-order valence-electron chi connectivity index (χ4n) is 2.84. The molecule has 134 valence electrons. The number of rotatable bonds is 6. The molecular weight excluding hydrogens is 346 g/mol. The van der Waals surface area contributed by atoms with E-state index in [1.807, 2.05) is 49.4 Å². The number of nitrogens with one attached hydrogen (secondary N) is 1. The molecule has 4 nitrogen and oxygen atoms in total. The lowest BCUT2D eigenvalue weighted by Crippen LogP contribution is -2.13. The van der Waals surface area contributed by atoms with Crippen LogP contribution in [0.2, 0.25) is 5.15 Å². The number of hydrogen-bond donors (Lipinski definition) is 1. The summed E-state index contributed by atoms with van der Waals surface area (Å²) in [6, 6.07) is 17.9. The number of aromatic nitrogens is 2. The molecule has 0 unspecified atom stereocenters. The molecule has 3 aromatic rings. The first kappa shape index (κ1) is 18.2. The second-order valence-electron chi connectivity index (χ2n) is 6.23. The molecule has 26 heavy (non-hydrogen) atoms. The molecule has 0 aliphatic heterocycles. The number of amides is 1. The first-order valence-corrected chi connectivity index (χ1v) is 9.17. The van der Waals surface area contributed by atoms with Gasteiger partial charge in [-0.05, 0) is 36.6 Å². The van der Waals surface area contributed by atoms with Gasteiger partial charge in [-0.25, -0.2) is 0 Å². The van der Waals surface area contributed by atoms with E-state index in [1.165, 1.54) is 0 Å². The van der Waals surface area contributed by atoms with Gasteiger partial charge in [0.2, 0.25) is 0 Å². The average Bonchev–Trinajstić information content (AvgIpc) is 2.95. The Balaban J connectivity index is 1.75. The van der Waals surface area contributed by atoms with Crippen molar-refractivity contribution in [2.24, 2.45) is 0 Å². The molecule has 0 bridgehead atoms. The Hall–Kier alpha value is -2.59. The highest BCUT2D eigenvalue weighted by atomic mass is 35.5. The summed E-state index contributed by atoms with van der Waals surface area (Å²) in [4.78, 5) is 12.6. The summed E-state index contributed by atoms with van der Waals surface area (Å²) in [6.45, 7) is 4.63. The maximum atomic E-state index is 12.6. The molecule has 0 aliphatic carbocycles. The van der Waals surface area contributed by atoms with Crippen LogP contribution in [0.15, 0.2) is 54.6 Å². The molecular formula is C21H22ClN3O. The summed E-state index contributed by atoms with van der Waals surface area (Å²) in [5, 5.41) is 7.70. The SMILES string of the molecule is CCCCn1nc(C)c(C(=O)Nc2ccc(-c3ccccc3)cc2)c1Cl. The van der Waals surface area contributed by atoms with E-state index in [0.29, 0.717) is 16.4 Å². The fourth-order valence-corrected chi connectivity index (χ4v) is 3.18. The minimum atomic E-state index is -0.234. The van der Waals surface area contributed by atoms with E-state index >= 15 is 0 Å². The first-order valence-electron chi connectivity index (χ1n) is 8.80. The lowest BCUT2D eigenvalue weighted by atomic mass is 10.1. The standard InChI is InChI=1S/C21H22ClN3O/c1-3-4-14-25-20(22)19(15(2)24-25)21(26)23-18-12-10-17(11-13-18)16-8-6-5-7-9-16/h5-13H,3-4,14H2,1-2H3,(H,23,26). The number of anilines is 1. The van der Waals surface area contributed by atoms with Gasteiger partial charge in [-0.2, -0.15) is 5.10 Å². The van der Waals surface area contributed by atoms with E-state index in [0.717, 1.165) is 36.2 Å². The van der Waals surface area contributed by atoms with Crippen LogP contribution in [0.4, 0.5) is 5.69 Å². The van der Waals surface area contributed by atoms with Crippen LogP contribution < -0.4 is 5.32 Å². The molecule has 0 saturated heterocycles. The van der Waals surface area contributed by atoms with Crippen molar-refractivity contribution in [2.75, 3.05) is 5.32 Å². The predicted molar refractivity (Wildman–Crippen MR) is 107 cm³/mol. The second-order valence-corrected chi connectivity index (χ2v) is 6.58. The zero-order chi connectivity index (χ0) is 18.5. The fraction of sp³-hybridized carbons (Fsp3) is 0.238. The van der Waals surface area contributed by atoms with Crippen LogP contribution in [0.1, 0.15) is 35.8 Å². The van der Waals surface area contributed by atoms with Crippen LogP contribution >= 0.6 is 11.6 Å². The van der Waals surface area contributed by atoms with Crippen LogP contribution in [0.25, 0.3) is 11.1 Å². The summed E-state index contributed by atoms with van der Waals surface area (Å²) in [5.41, 5.74) is 4.05. The van der Waals surface area contributed by atoms with Crippen molar-refractivity contribution in [3.63, 3.8) is 0 Å². The third kappa shape index (κ3) is 3.97. The summed E-state index contributed by atoms with van der Waals surface area (Å²) in [6.07, 6.45) is 2.02. The first-order chi connectivity index (χ1) is 12.6. The Morgan fingerprint density at radius 2 is 1.73 bits per heavy atom. The zero-order valence-corrected chi connectivity index (χ0v) is 15.8. The topological polar surface area (TPSA) is 46.9 Å².